The van der Waals surface area contributed by atoms with E-state index in [0.29, 0.717) is 5.84 Å². The van der Waals surface area contributed by atoms with Gasteiger partial charge in [0, 0.05) is 18.3 Å². The molecule has 0 unspecified atom stereocenters. The Labute approximate surface area is 96.2 Å². The summed E-state index contributed by atoms with van der Waals surface area (Å²) in [4.78, 5) is 0. The lowest BCUT2D eigenvalue weighted by Crippen LogP contribution is -2.31. The molecule has 0 heterocycles. The van der Waals surface area contributed by atoms with Crippen LogP contribution in [0, 0.1) is 5.41 Å². The molecule has 0 atom stereocenters. The first-order valence-electron chi connectivity index (χ1n) is 5.09. The summed E-state index contributed by atoms with van der Waals surface area (Å²) in [6, 6.07) is 0. The fraction of sp³-hybridized carbons (Fsp3) is 0.900. The minimum absolute atomic E-state index is 0.212. The summed E-state index contributed by atoms with van der Waals surface area (Å²) < 4.78 is 4.95. The molecule has 3 N–H and O–H groups in total. The fourth-order valence-electron chi connectivity index (χ4n) is 1.12. The van der Waals surface area contributed by atoms with E-state index in [1.54, 1.807) is 7.11 Å². The largest absolute Gasteiger partial charge is 0.409 e. The SMILES string of the molecule is COCCSCCCC(C)(C)C(N)=NO. The van der Waals surface area contributed by atoms with E-state index < -0.39 is 0 Å². The van der Waals surface area contributed by atoms with Gasteiger partial charge in [0.15, 0.2) is 0 Å². The molecule has 0 spiro atoms. The van der Waals surface area contributed by atoms with Gasteiger partial charge in [-0.1, -0.05) is 19.0 Å². The standard InChI is InChI=1S/C10H22N2O2S/c1-10(2,9(11)12-13)5-4-7-15-8-6-14-3/h13H,4-8H2,1-3H3,(H2,11,12). The van der Waals surface area contributed by atoms with E-state index in [0.717, 1.165) is 31.0 Å². The smallest absolute Gasteiger partial charge is 0.144 e. The number of ether oxygens (including phenoxy) is 1. The molecular weight excluding hydrogens is 212 g/mol. The molecule has 0 amide bonds. The molecule has 0 aromatic rings. The van der Waals surface area contributed by atoms with E-state index in [4.69, 9.17) is 15.7 Å². The first-order valence-corrected chi connectivity index (χ1v) is 6.24. The highest BCUT2D eigenvalue weighted by molar-refractivity contribution is 7.99. The van der Waals surface area contributed by atoms with Crippen LogP contribution in [0.4, 0.5) is 0 Å². The zero-order valence-electron chi connectivity index (χ0n) is 9.82. The van der Waals surface area contributed by atoms with Crippen molar-refractivity contribution >= 4 is 17.6 Å². The highest BCUT2D eigenvalue weighted by Crippen LogP contribution is 2.23. The van der Waals surface area contributed by atoms with Gasteiger partial charge in [-0.05, 0) is 18.6 Å². The van der Waals surface area contributed by atoms with Crippen molar-refractivity contribution in [2.75, 3.05) is 25.2 Å². The maximum atomic E-state index is 8.58. The number of hydrogen-bond donors (Lipinski definition) is 2. The predicted molar refractivity (Wildman–Crippen MR) is 65.6 cm³/mol. The Hall–Kier alpha value is -0.420. The summed E-state index contributed by atoms with van der Waals surface area (Å²) >= 11 is 1.87. The number of thioether (sulfide) groups is 1. The lowest BCUT2D eigenvalue weighted by atomic mass is 9.87. The number of nitrogens with zero attached hydrogens (tertiary/aromatic N) is 1. The molecule has 5 heteroatoms. The Balaban J connectivity index is 3.58. The normalized spacial score (nSPS) is 13.1. The minimum atomic E-state index is -0.212. The van der Waals surface area contributed by atoms with Gasteiger partial charge in [0.2, 0.25) is 0 Å². The molecule has 0 saturated carbocycles. The molecule has 15 heavy (non-hydrogen) atoms. The van der Waals surface area contributed by atoms with Gasteiger partial charge in [-0.3, -0.25) is 0 Å². The van der Waals surface area contributed by atoms with Crippen LogP contribution in [0.15, 0.2) is 5.16 Å². The van der Waals surface area contributed by atoms with Gasteiger partial charge in [-0.15, -0.1) is 0 Å². The molecule has 0 aliphatic heterocycles. The molecule has 90 valence electrons. The second kappa shape index (κ2) is 7.82. The number of nitrogens with two attached hydrogens (primary N) is 1. The van der Waals surface area contributed by atoms with Crippen molar-refractivity contribution in [2.24, 2.45) is 16.3 Å². The molecule has 0 saturated heterocycles. The minimum Gasteiger partial charge on any atom is -0.409 e. The third-order valence-corrected chi connectivity index (χ3v) is 3.36. The molecule has 0 aromatic heterocycles. The molecule has 0 aliphatic rings. The number of methoxy groups -OCH3 is 1. The van der Waals surface area contributed by atoms with Gasteiger partial charge in [0.05, 0.1) is 6.61 Å². The van der Waals surface area contributed by atoms with E-state index in [-0.39, 0.29) is 5.41 Å². The van der Waals surface area contributed by atoms with Crippen molar-refractivity contribution in [1.29, 1.82) is 0 Å². The lowest BCUT2D eigenvalue weighted by Gasteiger charge is -2.22. The van der Waals surface area contributed by atoms with Crippen molar-refractivity contribution in [2.45, 2.75) is 26.7 Å². The van der Waals surface area contributed by atoms with Crippen LogP contribution in [-0.4, -0.2) is 36.3 Å². The van der Waals surface area contributed by atoms with Crippen LogP contribution in [0.25, 0.3) is 0 Å². The summed E-state index contributed by atoms with van der Waals surface area (Å²) in [7, 11) is 1.71. The molecule has 0 aromatic carbocycles. The quantitative estimate of drug-likeness (QED) is 0.221. The van der Waals surface area contributed by atoms with E-state index >= 15 is 0 Å². The van der Waals surface area contributed by atoms with Gasteiger partial charge < -0.3 is 15.7 Å². The zero-order chi connectivity index (χ0) is 11.7. The summed E-state index contributed by atoms with van der Waals surface area (Å²) in [5.74, 6) is 2.43. The van der Waals surface area contributed by atoms with E-state index in [1.807, 2.05) is 25.6 Å². The van der Waals surface area contributed by atoms with Crippen molar-refractivity contribution in [3.05, 3.63) is 0 Å². The van der Waals surface area contributed by atoms with Crippen LogP contribution in [0.1, 0.15) is 26.7 Å². The molecule has 0 radical (unpaired) electrons. The van der Waals surface area contributed by atoms with E-state index in [1.165, 1.54) is 0 Å². The molecule has 0 bridgehead atoms. The lowest BCUT2D eigenvalue weighted by molar-refractivity contribution is 0.218. The van der Waals surface area contributed by atoms with Crippen LogP contribution < -0.4 is 5.73 Å². The first-order chi connectivity index (χ1) is 7.04. The van der Waals surface area contributed by atoms with Gasteiger partial charge in [-0.2, -0.15) is 11.8 Å². The summed E-state index contributed by atoms with van der Waals surface area (Å²) in [6.07, 6.45) is 2.00. The van der Waals surface area contributed by atoms with Crippen molar-refractivity contribution in [3.8, 4) is 0 Å². The van der Waals surface area contributed by atoms with Crippen molar-refractivity contribution < 1.29 is 9.94 Å². The molecular formula is C10H22N2O2S. The van der Waals surface area contributed by atoms with Crippen molar-refractivity contribution in [1.82, 2.24) is 0 Å². The second-order valence-corrected chi connectivity index (χ2v) is 5.30. The van der Waals surface area contributed by atoms with Gasteiger partial charge in [-0.25, -0.2) is 0 Å². The molecule has 0 fully saturated rings. The van der Waals surface area contributed by atoms with Crippen LogP contribution in [0.2, 0.25) is 0 Å². The average Bonchev–Trinajstić information content (AvgIpc) is 2.22. The Kier molecular flexibility index (Phi) is 7.60. The monoisotopic (exact) mass is 234 g/mol. The Bertz CT molecular complexity index is 196. The third kappa shape index (κ3) is 6.62. The number of rotatable bonds is 8. The predicted octanol–water partition coefficient (Wildman–Crippen LogP) is 1.92. The summed E-state index contributed by atoms with van der Waals surface area (Å²) in [5, 5.41) is 11.6. The maximum Gasteiger partial charge on any atom is 0.144 e. The maximum absolute atomic E-state index is 8.58. The molecule has 0 rings (SSSR count). The summed E-state index contributed by atoms with van der Waals surface area (Å²) in [5.41, 5.74) is 5.37. The van der Waals surface area contributed by atoms with Crippen LogP contribution in [-0.2, 0) is 4.74 Å². The van der Waals surface area contributed by atoms with Gasteiger partial charge >= 0.3 is 0 Å². The van der Waals surface area contributed by atoms with Gasteiger partial charge in [0.25, 0.3) is 0 Å². The number of oxime groups is 1. The van der Waals surface area contributed by atoms with Crippen LogP contribution in [0.5, 0.6) is 0 Å². The topological polar surface area (TPSA) is 67.8 Å². The first kappa shape index (κ1) is 14.6. The molecule has 0 aliphatic carbocycles. The number of amidine groups is 1. The highest BCUT2D eigenvalue weighted by atomic mass is 32.2. The number of hydrogen-bond acceptors (Lipinski definition) is 4. The fourth-order valence-corrected chi connectivity index (χ4v) is 1.96. The summed E-state index contributed by atoms with van der Waals surface area (Å²) in [6.45, 7) is 4.78. The zero-order valence-corrected chi connectivity index (χ0v) is 10.6. The van der Waals surface area contributed by atoms with E-state index in [9.17, 15) is 0 Å². The van der Waals surface area contributed by atoms with E-state index in [2.05, 4.69) is 5.16 Å². The third-order valence-electron chi connectivity index (χ3n) is 2.32. The van der Waals surface area contributed by atoms with Crippen LogP contribution >= 0.6 is 11.8 Å². The van der Waals surface area contributed by atoms with Gasteiger partial charge in [0.1, 0.15) is 5.84 Å². The Morgan fingerprint density at radius 3 is 2.67 bits per heavy atom. The second-order valence-electron chi connectivity index (χ2n) is 4.08. The van der Waals surface area contributed by atoms with Crippen LogP contribution in [0.3, 0.4) is 0 Å². The Morgan fingerprint density at radius 2 is 2.13 bits per heavy atom. The average molecular weight is 234 g/mol. The highest BCUT2D eigenvalue weighted by Gasteiger charge is 2.22. The molecule has 4 nitrogen and oxygen atoms in total. The Morgan fingerprint density at radius 1 is 1.47 bits per heavy atom. The van der Waals surface area contributed by atoms with Crippen molar-refractivity contribution in [3.63, 3.8) is 0 Å².